The Morgan fingerprint density at radius 3 is 2.50 bits per heavy atom. The Hall–Kier alpha value is -1.64. The summed E-state index contributed by atoms with van der Waals surface area (Å²) in [7, 11) is 3.43. The summed E-state index contributed by atoms with van der Waals surface area (Å²) in [4.78, 5) is 24.3. The fourth-order valence-corrected chi connectivity index (χ4v) is 1.71. The van der Waals surface area contributed by atoms with Gasteiger partial charge in [-0.15, -0.1) is 0 Å². The lowest BCUT2D eigenvalue weighted by Crippen LogP contribution is -2.27. The number of likely N-dealkylation sites (N-methyl/N-ethyl adjacent to an activating group) is 1. The predicted octanol–water partition coefficient (Wildman–Crippen LogP) is 2.00. The average molecular weight is 219 g/mol. The maximum atomic E-state index is 11.8. The first-order valence-corrected chi connectivity index (χ1v) is 5.24. The van der Waals surface area contributed by atoms with Crippen molar-refractivity contribution in [3.63, 3.8) is 0 Å². The van der Waals surface area contributed by atoms with E-state index in [0.29, 0.717) is 5.56 Å². The van der Waals surface area contributed by atoms with Crippen molar-refractivity contribution in [1.82, 2.24) is 4.90 Å². The molecule has 0 N–H and O–H groups in total. The largest absolute Gasteiger partial charge is 0.348 e. The smallest absolute Gasteiger partial charge is 0.229 e. The van der Waals surface area contributed by atoms with Crippen LogP contribution in [0.4, 0.5) is 0 Å². The third-order valence-corrected chi connectivity index (χ3v) is 2.65. The van der Waals surface area contributed by atoms with Crippen molar-refractivity contribution in [3.05, 3.63) is 34.9 Å². The van der Waals surface area contributed by atoms with E-state index in [4.69, 9.17) is 0 Å². The zero-order valence-electron chi connectivity index (χ0n) is 10.2. The van der Waals surface area contributed by atoms with Crippen molar-refractivity contribution >= 4 is 12.2 Å². The van der Waals surface area contributed by atoms with Crippen molar-refractivity contribution in [2.75, 3.05) is 14.1 Å². The van der Waals surface area contributed by atoms with Gasteiger partial charge in [0.15, 0.2) is 0 Å². The first-order chi connectivity index (χ1) is 7.47. The Kier molecular flexibility index (Phi) is 3.82. The summed E-state index contributed by atoms with van der Waals surface area (Å²) in [5.41, 5.74) is 2.41. The van der Waals surface area contributed by atoms with Crippen LogP contribution in [0, 0.1) is 6.92 Å². The van der Waals surface area contributed by atoms with Crippen LogP contribution in [0.2, 0.25) is 0 Å². The van der Waals surface area contributed by atoms with Crippen LogP contribution in [-0.2, 0) is 4.79 Å². The second kappa shape index (κ2) is 4.92. The third-order valence-electron chi connectivity index (χ3n) is 2.65. The Balaban J connectivity index is 3.13. The van der Waals surface area contributed by atoms with Gasteiger partial charge < -0.3 is 4.90 Å². The molecular weight excluding hydrogens is 202 g/mol. The third kappa shape index (κ3) is 2.48. The van der Waals surface area contributed by atoms with Crippen LogP contribution in [0.5, 0.6) is 0 Å². The maximum absolute atomic E-state index is 11.8. The number of aldehydes is 1. The Labute approximate surface area is 96.1 Å². The van der Waals surface area contributed by atoms with Crippen LogP contribution in [-0.4, -0.2) is 31.2 Å². The zero-order chi connectivity index (χ0) is 12.3. The molecule has 0 saturated heterocycles. The lowest BCUT2D eigenvalue weighted by atomic mass is 9.94. The summed E-state index contributed by atoms with van der Waals surface area (Å²) in [6.07, 6.45) is 0.807. The minimum atomic E-state index is -0.282. The van der Waals surface area contributed by atoms with Crippen LogP contribution in [0.15, 0.2) is 18.2 Å². The number of carbonyl (C=O) groups is 2. The first kappa shape index (κ1) is 12.4. The molecule has 0 bridgehead atoms. The van der Waals surface area contributed by atoms with Crippen LogP contribution < -0.4 is 0 Å². The van der Waals surface area contributed by atoms with Crippen LogP contribution in [0.25, 0.3) is 0 Å². The molecule has 0 saturated carbocycles. The normalized spacial score (nSPS) is 12.0. The fraction of sp³-hybridized carbons (Fsp3) is 0.385. The standard InChI is InChI=1S/C13H17NO2/c1-9-5-6-12(11(7-9)8-15)10(2)13(16)14(3)4/h5-8,10H,1-4H3. The number of hydrogen-bond acceptors (Lipinski definition) is 2. The van der Waals surface area contributed by atoms with E-state index >= 15 is 0 Å². The fourth-order valence-electron chi connectivity index (χ4n) is 1.71. The van der Waals surface area contributed by atoms with Gasteiger partial charge in [0.05, 0.1) is 5.92 Å². The molecule has 0 aliphatic carbocycles. The van der Waals surface area contributed by atoms with Gasteiger partial charge in [-0.1, -0.05) is 17.7 Å². The Morgan fingerprint density at radius 2 is 2.00 bits per heavy atom. The van der Waals surface area contributed by atoms with Gasteiger partial charge in [-0.25, -0.2) is 0 Å². The number of amides is 1. The van der Waals surface area contributed by atoms with E-state index in [-0.39, 0.29) is 11.8 Å². The molecule has 0 aliphatic rings. The molecule has 1 atom stereocenters. The summed E-state index contributed by atoms with van der Waals surface area (Å²) >= 11 is 0. The molecule has 1 rings (SSSR count). The highest BCUT2D eigenvalue weighted by Crippen LogP contribution is 2.21. The molecule has 0 aliphatic heterocycles. The molecule has 0 spiro atoms. The quantitative estimate of drug-likeness (QED) is 0.729. The molecule has 0 heterocycles. The highest BCUT2D eigenvalue weighted by atomic mass is 16.2. The predicted molar refractivity (Wildman–Crippen MR) is 63.7 cm³/mol. The minimum Gasteiger partial charge on any atom is -0.348 e. The van der Waals surface area contributed by atoms with Gasteiger partial charge in [0.1, 0.15) is 6.29 Å². The molecule has 3 nitrogen and oxygen atoms in total. The molecule has 0 aromatic heterocycles. The lowest BCUT2D eigenvalue weighted by molar-refractivity contribution is -0.129. The summed E-state index contributed by atoms with van der Waals surface area (Å²) in [5, 5.41) is 0. The lowest BCUT2D eigenvalue weighted by Gasteiger charge is -2.18. The van der Waals surface area contributed by atoms with Gasteiger partial charge in [-0.2, -0.15) is 0 Å². The van der Waals surface area contributed by atoms with Crippen LogP contribution in [0.3, 0.4) is 0 Å². The average Bonchev–Trinajstić information content (AvgIpc) is 2.26. The van der Waals surface area contributed by atoms with E-state index < -0.39 is 0 Å². The number of aryl methyl sites for hydroxylation is 1. The number of nitrogens with zero attached hydrogens (tertiary/aromatic N) is 1. The number of carbonyl (C=O) groups excluding carboxylic acids is 2. The van der Waals surface area contributed by atoms with Gasteiger partial charge in [0.2, 0.25) is 5.91 Å². The SMILES string of the molecule is Cc1ccc(C(C)C(=O)N(C)C)c(C=O)c1. The second-order valence-corrected chi connectivity index (χ2v) is 4.20. The highest BCUT2D eigenvalue weighted by molar-refractivity contribution is 5.87. The number of benzene rings is 1. The van der Waals surface area contributed by atoms with Gasteiger partial charge in [-0.3, -0.25) is 9.59 Å². The van der Waals surface area contributed by atoms with Crippen molar-refractivity contribution < 1.29 is 9.59 Å². The van der Waals surface area contributed by atoms with E-state index in [1.807, 2.05) is 32.0 Å². The molecule has 1 unspecified atom stereocenters. The van der Waals surface area contributed by atoms with Crippen molar-refractivity contribution in [2.24, 2.45) is 0 Å². The molecule has 1 aromatic carbocycles. The molecule has 86 valence electrons. The molecule has 16 heavy (non-hydrogen) atoms. The Morgan fingerprint density at radius 1 is 1.38 bits per heavy atom. The number of hydrogen-bond donors (Lipinski definition) is 0. The summed E-state index contributed by atoms with van der Waals surface area (Å²) < 4.78 is 0. The van der Waals surface area contributed by atoms with Gasteiger partial charge in [-0.05, 0) is 25.5 Å². The first-order valence-electron chi connectivity index (χ1n) is 5.24. The van der Waals surface area contributed by atoms with E-state index in [1.165, 1.54) is 0 Å². The van der Waals surface area contributed by atoms with Crippen molar-refractivity contribution in [1.29, 1.82) is 0 Å². The van der Waals surface area contributed by atoms with E-state index in [1.54, 1.807) is 19.0 Å². The molecular formula is C13H17NO2. The van der Waals surface area contributed by atoms with E-state index in [2.05, 4.69) is 0 Å². The van der Waals surface area contributed by atoms with Crippen LogP contribution >= 0.6 is 0 Å². The topological polar surface area (TPSA) is 37.4 Å². The van der Waals surface area contributed by atoms with Crippen LogP contribution in [0.1, 0.15) is 34.3 Å². The zero-order valence-corrected chi connectivity index (χ0v) is 10.2. The molecule has 0 radical (unpaired) electrons. The monoisotopic (exact) mass is 219 g/mol. The number of rotatable bonds is 3. The Bertz CT molecular complexity index is 410. The summed E-state index contributed by atoms with van der Waals surface area (Å²) in [6.45, 7) is 3.75. The molecule has 1 aromatic rings. The van der Waals surface area contributed by atoms with E-state index in [9.17, 15) is 9.59 Å². The minimum absolute atomic E-state index is 0.00644. The second-order valence-electron chi connectivity index (χ2n) is 4.20. The van der Waals surface area contributed by atoms with Gasteiger partial charge >= 0.3 is 0 Å². The van der Waals surface area contributed by atoms with Gasteiger partial charge in [0, 0.05) is 19.7 Å². The highest BCUT2D eigenvalue weighted by Gasteiger charge is 2.19. The van der Waals surface area contributed by atoms with Crippen molar-refractivity contribution in [2.45, 2.75) is 19.8 Å². The van der Waals surface area contributed by atoms with Gasteiger partial charge in [0.25, 0.3) is 0 Å². The molecule has 0 fully saturated rings. The van der Waals surface area contributed by atoms with E-state index in [0.717, 1.165) is 17.4 Å². The van der Waals surface area contributed by atoms with Crippen molar-refractivity contribution in [3.8, 4) is 0 Å². The molecule has 1 amide bonds. The summed E-state index contributed by atoms with van der Waals surface area (Å²) in [5.74, 6) is -0.275. The summed E-state index contributed by atoms with van der Waals surface area (Å²) in [6, 6.07) is 5.58. The molecule has 3 heteroatoms. The maximum Gasteiger partial charge on any atom is 0.229 e.